The molecule has 0 bridgehead atoms. The van der Waals surface area contributed by atoms with Crippen molar-refractivity contribution in [2.75, 3.05) is 26.2 Å². The lowest BCUT2D eigenvalue weighted by Crippen LogP contribution is -2.35. The highest BCUT2D eigenvalue weighted by Crippen LogP contribution is 2.44. The highest BCUT2D eigenvalue weighted by Gasteiger charge is 2.42. The van der Waals surface area contributed by atoms with Crippen LogP contribution in [0.15, 0.2) is 35.8 Å². The van der Waals surface area contributed by atoms with Crippen LogP contribution in [-0.4, -0.2) is 43.8 Å². The van der Waals surface area contributed by atoms with Crippen molar-refractivity contribution in [2.24, 2.45) is 11.3 Å². The van der Waals surface area contributed by atoms with Crippen molar-refractivity contribution in [3.8, 4) is 0 Å². The zero-order chi connectivity index (χ0) is 20.4. The summed E-state index contributed by atoms with van der Waals surface area (Å²) < 4.78 is 0. The van der Waals surface area contributed by atoms with Gasteiger partial charge >= 0.3 is 0 Å². The fourth-order valence-corrected chi connectivity index (χ4v) is 6.16. The summed E-state index contributed by atoms with van der Waals surface area (Å²) in [5.74, 6) is 3.90. The van der Waals surface area contributed by atoms with E-state index in [4.69, 9.17) is 0 Å². The maximum atomic E-state index is 3.49. The molecule has 1 aliphatic carbocycles. The van der Waals surface area contributed by atoms with Crippen LogP contribution in [0, 0.1) is 11.3 Å². The number of benzene rings is 1. The lowest BCUT2D eigenvalue weighted by molar-refractivity contribution is 0.174. The third-order valence-corrected chi connectivity index (χ3v) is 8.14. The highest BCUT2D eigenvalue weighted by molar-refractivity contribution is 6.76. The molecule has 2 atom stereocenters. The molecule has 0 radical (unpaired) electrons. The molecule has 1 saturated carbocycles. The number of rotatable bonds is 5. The number of likely N-dealkylation sites (tertiary alicyclic amines) is 1. The van der Waals surface area contributed by atoms with Gasteiger partial charge in [-0.1, -0.05) is 75.2 Å². The summed E-state index contributed by atoms with van der Waals surface area (Å²) in [7, 11) is 0. The molecule has 29 heavy (non-hydrogen) atoms. The summed E-state index contributed by atoms with van der Waals surface area (Å²) in [6.45, 7) is 15.0. The Kier molecular flexibility index (Phi) is 6.56. The van der Waals surface area contributed by atoms with E-state index >= 15 is 0 Å². The molecule has 1 aromatic carbocycles. The Bertz CT molecular complexity index is 696. The third-order valence-electron chi connectivity index (χ3n) is 8.14. The van der Waals surface area contributed by atoms with Gasteiger partial charge in [0.15, 0.2) is 6.71 Å². The SMILES string of the molecule is CB(/C=C(\C)C1CCNC1)c1ccc(C2CN(C3CCCCC3)CC2(C)C)cc1. The molecule has 3 aliphatic rings. The van der Waals surface area contributed by atoms with E-state index in [1.54, 1.807) is 11.1 Å². The van der Waals surface area contributed by atoms with Gasteiger partial charge in [0.05, 0.1) is 0 Å². The number of nitrogens with one attached hydrogen (secondary N) is 1. The summed E-state index contributed by atoms with van der Waals surface area (Å²) in [5, 5.41) is 3.49. The Morgan fingerprint density at radius 3 is 2.48 bits per heavy atom. The minimum Gasteiger partial charge on any atom is -0.316 e. The van der Waals surface area contributed by atoms with Gasteiger partial charge in [-0.25, -0.2) is 0 Å². The van der Waals surface area contributed by atoms with Gasteiger partial charge in [-0.2, -0.15) is 0 Å². The fourth-order valence-electron chi connectivity index (χ4n) is 6.16. The molecule has 2 heterocycles. The molecule has 2 aliphatic heterocycles. The third kappa shape index (κ3) is 4.83. The second-order valence-corrected chi connectivity index (χ2v) is 10.8. The van der Waals surface area contributed by atoms with Gasteiger partial charge in [0.2, 0.25) is 0 Å². The molecular weight excluding hydrogens is 351 g/mol. The van der Waals surface area contributed by atoms with Crippen LogP contribution in [0.3, 0.4) is 0 Å². The van der Waals surface area contributed by atoms with Crippen LogP contribution in [0.1, 0.15) is 70.8 Å². The smallest absolute Gasteiger partial charge is 0.197 e. The maximum absolute atomic E-state index is 3.49. The number of hydrogen-bond acceptors (Lipinski definition) is 2. The molecular formula is C26H41BN2. The summed E-state index contributed by atoms with van der Waals surface area (Å²) in [6.07, 6.45) is 8.44. The maximum Gasteiger partial charge on any atom is 0.197 e. The first-order valence-electron chi connectivity index (χ1n) is 12.2. The molecule has 0 spiro atoms. The van der Waals surface area contributed by atoms with E-state index in [2.05, 4.69) is 68.1 Å². The van der Waals surface area contributed by atoms with Crippen LogP contribution in [0.4, 0.5) is 0 Å². The normalized spacial score (nSPS) is 28.8. The monoisotopic (exact) mass is 392 g/mol. The standard InChI is InChI=1S/C26H41BN2/c1-20(22-14-15-28-17-22)16-27(4)23-12-10-21(11-13-23)25-18-29(19-26(25,2)3)24-8-6-5-7-9-24/h10-13,16,22,24-25,28H,5-9,14-15,17-19H2,1-4H3/b20-16+. The molecule has 3 fully saturated rings. The lowest BCUT2D eigenvalue weighted by atomic mass is 9.46. The fraction of sp³-hybridized carbons (Fsp3) is 0.692. The Morgan fingerprint density at radius 1 is 1.10 bits per heavy atom. The second-order valence-electron chi connectivity index (χ2n) is 10.8. The van der Waals surface area contributed by atoms with Crippen molar-refractivity contribution in [1.82, 2.24) is 10.2 Å². The molecule has 1 aromatic rings. The van der Waals surface area contributed by atoms with Crippen molar-refractivity contribution in [2.45, 2.75) is 78.1 Å². The zero-order valence-corrected chi connectivity index (χ0v) is 19.2. The number of nitrogens with zero attached hydrogens (tertiary/aromatic N) is 1. The van der Waals surface area contributed by atoms with Crippen molar-refractivity contribution < 1.29 is 0 Å². The molecule has 0 aromatic heterocycles. The Hall–Kier alpha value is -1.06. The largest absolute Gasteiger partial charge is 0.316 e. The molecule has 0 amide bonds. The first-order valence-corrected chi connectivity index (χ1v) is 12.2. The van der Waals surface area contributed by atoms with Crippen molar-refractivity contribution in [3.05, 3.63) is 41.4 Å². The van der Waals surface area contributed by atoms with E-state index in [-0.39, 0.29) is 0 Å². The van der Waals surface area contributed by atoms with Crippen molar-refractivity contribution in [3.63, 3.8) is 0 Å². The highest BCUT2D eigenvalue weighted by atomic mass is 15.2. The van der Waals surface area contributed by atoms with Crippen molar-refractivity contribution >= 4 is 12.2 Å². The molecule has 1 N–H and O–H groups in total. The first-order chi connectivity index (χ1) is 13.9. The van der Waals surface area contributed by atoms with Crippen LogP contribution in [0.25, 0.3) is 0 Å². The van der Waals surface area contributed by atoms with E-state index in [0.29, 0.717) is 18.0 Å². The van der Waals surface area contributed by atoms with Crippen LogP contribution in [0.2, 0.25) is 6.82 Å². The van der Waals surface area contributed by atoms with E-state index in [1.165, 1.54) is 63.6 Å². The van der Waals surface area contributed by atoms with Crippen LogP contribution in [0.5, 0.6) is 0 Å². The predicted octanol–water partition coefficient (Wildman–Crippen LogP) is 4.87. The van der Waals surface area contributed by atoms with E-state index in [1.807, 2.05) is 0 Å². The van der Waals surface area contributed by atoms with Gasteiger partial charge in [0.25, 0.3) is 0 Å². The Balaban J connectivity index is 1.43. The Morgan fingerprint density at radius 2 is 1.83 bits per heavy atom. The van der Waals surface area contributed by atoms with Crippen LogP contribution >= 0.6 is 0 Å². The Labute approximate surface area is 179 Å². The molecule has 158 valence electrons. The topological polar surface area (TPSA) is 15.3 Å². The quantitative estimate of drug-likeness (QED) is 0.719. The van der Waals surface area contributed by atoms with Gasteiger partial charge in [-0.15, -0.1) is 5.98 Å². The molecule has 2 nitrogen and oxygen atoms in total. The van der Waals surface area contributed by atoms with Crippen LogP contribution < -0.4 is 10.8 Å². The van der Waals surface area contributed by atoms with E-state index in [9.17, 15) is 0 Å². The summed E-state index contributed by atoms with van der Waals surface area (Å²) in [4.78, 5) is 2.82. The van der Waals surface area contributed by atoms with Gasteiger partial charge in [0, 0.05) is 31.6 Å². The minimum atomic E-state index is 0.372. The zero-order valence-electron chi connectivity index (χ0n) is 19.2. The second kappa shape index (κ2) is 8.98. The lowest BCUT2D eigenvalue weighted by Gasteiger charge is -2.31. The van der Waals surface area contributed by atoms with Gasteiger partial charge < -0.3 is 5.32 Å². The summed E-state index contributed by atoms with van der Waals surface area (Å²) >= 11 is 0. The first kappa shape index (κ1) is 21.2. The van der Waals surface area contributed by atoms with Crippen LogP contribution in [-0.2, 0) is 0 Å². The molecule has 4 rings (SSSR count). The molecule has 3 heteroatoms. The summed E-state index contributed by atoms with van der Waals surface area (Å²) in [5.41, 5.74) is 4.94. The van der Waals surface area contributed by atoms with Gasteiger partial charge in [0.1, 0.15) is 0 Å². The van der Waals surface area contributed by atoms with Crippen molar-refractivity contribution in [1.29, 1.82) is 0 Å². The van der Waals surface area contributed by atoms with Gasteiger partial charge in [-0.05, 0) is 49.6 Å². The van der Waals surface area contributed by atoms with Gasteiger partial charge in [-0.3, -0.25) is 4.90 Å². The number of hydrogen-bond donors (Lipinski definition) is 1. The van der Waals surface area contributed by atoms with E-state index < -0.39 is 0 Å². The predicted molar refractivity (Wildman–Crippen MR) is 127 cm³/mol. The summed E-state index contributed by atoms with van der Waals surface area (Å²) in [6, 6.07) is 10.5. The molecule has 2 saturated heterocycles. The average molecular weight is 392 g/mol. The van der Waals surface area contributed by atoms with E-state index in [0.717, 1.165) is 18.5 Å². The average Bonchev–Trinajstić information content (AvgIpc) is 3.36. The molecule has 2 unspecified atom stereocenters. The minimum absolute atomic E-state index is 0.372.